The van der Waals surface area contributed by atoms with Gasteiger partial charge in [-0.3, -0.25) is 4.79 Å². The van der Waals surface area contributed by atoms with Crippen LogP contribution in [-0.4, -0.2) is 42.5 Å². The maximum atomic E-state index is 13.6. The molecular formula is C19H26FN3O2. The van der Waals surface area contributed by atoms with Crippen molar-refractivity contribution in [3.05, 3.63) is 35.1 Å². The second kappa shape index (κ2) is 7.42. The van der Waals surface area contributed by atoms with Gasteiger partial charge in [0.2, 0.25) is 5.91 Å². The van der Waals surface area contributed by atoms with Crippen molar-refractivity contribution in [3.8, 4) is 0 Å². The van der Waals surface area contributed by atoms with Crippen LogP contribution in [0.1, 0.15) is 43.2 Å². The van der Waals surface area contributed by atoms with E-state index in [9.17, 15) is 14.0 Å². The van der Waals surface area contributed by atoms with Crippen LogP contribution >= 0.6 is 0 Å². The number of hydrogen-bond donors (Lipinski definition) is 2. The number of carbonyl (C=O) groups is 2. The van der Waals surface area contributed by atoms with Crippen molar-refractivity contribution in [1.82, 2.24) is 15.5 Å². The number of aryl methyl sites for hydroxylation is 1. The minimum absolute atomic E-state index is 0.0281. The summed E-state index contributed by atoms with van der Waals surface area (Å²) in [5.41, 5.74) is 1.57. The number of hydrogen-bond acceptors (Lipinski definition) is 2. The third-order valence-electron chi connectivity index (χ3n) is 5.01. The van der Waals surface area contributed by atoms with E-state index in [0.29, 0.717) is 37.7 Å². The molecule has 1 saturated carbocycles. The number of carbonyl (C=O) groups excluding carboxylic acids is 2. The van der Waals surface area contributed by atoms with Crippen LogP contribution in [0.3, 0.4) is 0 Å². The molecule has 1 aromatic carbocycles. The number of likely N-dealkylation sites (tertiary alicyclic amines) is 1. The molecular weight excluding hydrogens is 321 g/mol. The molecule has 5 nitrogen and oxygen atoms in total. The molecule has 2 N–H and O–H groups in total. The Balaban J connectivity index is 1.78. The van der Waals surface area contributed by atoms with Crippen molar-refractivity contribution >= 4 is 11.9 Å². The summed E-state index contributed by atoms with van der Waals surface area (Å²) in [5.74, 6) is -0.401. The zero-order valence-corrected chi connectivity index (χ0v) is 14.8. The SMILES string of the molecule is CCNC(=O)N1C[C@@H](C(=O)NC2CC2)C[C@H](c2ccc(F)c(C)c2)C1. The fraction of sp³-hybridized carbons (Fsp3) is 0.579. The van der Waals surface area contributed by atoms with Gasteiger partial charge in [-0.15, -0.1) is 0 Å². The van der Waals surface area contributed by atoms with Gasteiger partial charge >= 0.3 is 6.03 Å². The molecule has 1 aliphatic carbocycles. The van der Waals surface area contributed by atoms with Gasteiger partial charge in [0.05, 0.1) is 5.92 Å². The first-order valence-corrected chi connectivity index (χ1v) is 9.07. The maximum absolute atomic E-state index is 13.6. The normalized spacial score (nSPS) is 23.2. The third-order valence-corrected chi connectivity index (χ3v) is 5.01. The van der Waals surface area contributed by atoms with E-state index in [1.807, 2.05) is 13.0 Å². The van der Waals surface area contributed by atoms with Crippen LogP contribution in [0.2, 0.25) is 0 Å². The number of amides is 3. The monoisotopic (exact) mass is 347 g/mol. The van der Waals surface area contributed by atoms with Crippen LogP contribution in [0.4, 0.5) is 9.18 Å². The van der Waals surface area contributed by atoms with Crippen molar-refractivity contribution in [2.24, 2.45) is 5.92 Å². The van der Waals surface area contributed by atoms with Crippen molar-refractivity contribution < 1.29 is 14.0 Å². The summed E-state index contributed by atoms with van der Waals surface area (Å²) in [7, 11) is 0. The molecule has 1 heterocycles. The van der Waals surface area contributed by atoms with Crippen LogP contribution in [0.15, 0.2) is 18.2 Å². The molecule has 1 aromatic rings. The summed E-state index contributed by atoms with van der Waals surface area (Å²) < 4.78 is 13.6. The maximum Gasteiger partial charge on any atom is 0.317 e. The fourth-order valence-electron chi connectivity index (χ4n) is 3.43. The Morgan fingerprint density at radius 1 is 1.28 bits per heavy atom. The molecule has 0 bridgehead atoms. The molecule has 136 valence electrons. The lowest BCUT2D eigenvalue weighted by atomic mass is 9.83. The Bertz CT molecular complexity index is 660. The number of halogens is 1. The predicted octanol–water partition coefficient (Wildman–Crippen LogP) is 2.55. The summed E-state index contributed by atoms with van der Waals surface area (Å²) in [5, 5.41) is 5.87. The van der Waals surface area contributed by atoms with Crippen LogP contribution < -0.4 is 10.6 Å². The smallest absolute Gasteiger partial charge is 0.317 e. The van der Waals surface area contributed by atoms with Crippen LogP contribution in [0.25, 0.3) is 0 Å². The Kier molecular flexibility index (Phi) is 5.25. The molecule has 3 amide bonds. The first kappa shape index (κ1) is 17.7. The Labute approximate surface area is 148 Å². The van der Waals surface area contributed by atoms with Crippen molar-refractivity contribution in [3.63, 3.8) is 0 Å². The van der Waals surface area contributed by atoms with Gasteiger partial charge in [-0.25, -0.2) is 9.18 Å². The number of rotatable bonds is 4. The van der Waals surface area contributed by atoms with E-state index in [2.05, 4.69) is 10.6 Å². The highest BCUT2D eigenvalue weighted by Gasteiger charge is 2.36. The van der Waals surface area contributed by atoms with Gasteiger partial charge in [0.1, 0.15) is 5.82 Å². The summed E-state index contributed by atoms with van der Waals surface area (Å²) in [6.07, 6.45) is 2.76. The highest BCUT2D eigenvalue weighted by atomic mass is 19.1. The van der Waals surface area contributed by atoms with Gasteiger partial charge in [0, 0.05) is 31.6 Å². The van der Waals surface area contributed by atoms with Crippen LogP contribution in [0.5, 0.6) is 0 Å². The molecule has 6 heteroatoms. The average Bonchev–Trinajstić information content (AvgIpc) is 3.41. The molecule has 0 aromatic heterocycles. The van der Waals surface area contributed by atoms with Gasteiger partial charge in [-0.05, 0) is 50.3 Å². The van der Waals surface area contributed by atoms with Gasteiger partial charge < -0.3 is 15.5 Å². The largest absolute Gasteiger partial charge is 0.353 e. The number of urea groups is 1. The number of piperidine rings is 1. The second-order valence-electron chi connectivity index (χ2n) is 7.16. The highest BCUT2D eigenvalue weighted by molar-refractivity contribution is 5.81. The summed E-state index contributed by atoms with van der Waals surface area (Å²) >= 11 is 0. The van der Waals surface area contributed by atoms with E-state index in [0.717, 1.165) is 18.4 Å². The molecule has 25 heavy (non-hydrogen) atoms. The molecule has 0 unspecified atom stereocenters. The topological polar surface area (TPSA) is 61.4 Å². The summed E-state index contributed by atoms with van der Waals surface area (Å²) in [6, 6.07) is 5.23. The van der Waals surface area contributed by atoms with E-state index < -0.39 is 0 Å². The van der Waals surface area contributed by atoms with Gasteiger partial charge in [-0.1, -0.05) is 12.1 Å². The van der Waals surface area contributed by atoms with Gasteiger partial charge in [0.25, 0.3) is 0 Å². The lowest BCUT2D eigenvalue weighted by Crippen LogP contribution is -2.51. The van der Waals surface area contributed by atoms with Crippen molar-refractivity contribution in [1.29, 1.82) is 0 Å². The fourth-order valence-corrected chi connectivity index (χ4v) is 3.43. The summed E-state index contributed by atoms with van der Waals surface area (Å²) in [4.78, 5) is 26.6. The van der Waals surface area contributed by atoms with E-state index in [1.54, 1.807) is 17.9 Å². The summed E-state index contributed by atoms with van der Waals surface area (Å²) in [6.45, 7) is 5.14. The van der Waals surface area contributed by atoms with E-state index in [1.165, 1.54) is 6.07 Å². The zero-order valence-electron chi connectivity index (χ0n) is 14.8. The average molecular weight is 347 g/mol. The lowest BCUT2D eigenvalue weighted by Gasteiger charge is -2.37. The minimum Gasteiger partial charge on any atom is -0.353 e. The molecule has 2 atom stereocenters. The third kappa shape index (κ3) is 4.30. The minimum atomic E-state index is -0.233. The molecule has 0 radical (unpaired) electrons. The van der Waals surface area contributed by atoms with Gasteiger partial charge in [-0.2, -0.15) is 0 Å². The molecule has 1 saturated heterocycles. The van der Waals surface area contributed by atoms with Crippen molar-refractivity contribution in [2.75, 3.05) is 19.6 Å². The lowest BCUT2D eigenvalue weighted by molar-refractivity contribution is -0.126. The first-order valence-electron chi connectivity index (χ1n) is 9.07. The Hall–Kier alpha value is -2.11. The molecule has 0 spiro atoms. The standard InChI is InChI=1S/C19H26FN3O2/c1-3-21-19(25)23-10-14(13-4-7-17(20)12(2)8-13)9-15(11-23)18(24)22-16-5-6-16/h4,7-8,14-16H,3,5-6,9-11H2,1-2H3,(H,21,25)(H,22,24)/t14-,15-/m0/s1. The van der Waals surface area contributed by atoms with Gasteiger partial charge in [0.15, 0.2) is 0 Å². The molecule has 2 aliphatic rings. The highest BCUT2D eigenvalue weighted by Crippen LogP contribution is 2.32. The number of nitrogens with zero attached hydrogens (tertiary/aromatic N) is 1. The molecule has 3 rings (SSSR count). The number of benzene rings is 1. The van der Waals surface area contributed by atoms with E-state index in [-0.39, 0.29) is 29.6 Å². The van der Waals surface area contributed by atoms with Crippen molar-refractivity contribution in [2.45, 2.75) is 45.1 Å². The Morgan fingerprint density at radius 2 is 2.04 bits per heavy atom. The van der Waals surface area contributed by atoms with E-state index >= 15 is 0 Å². The number of nitrogens with one attached hydrogen (secondary N) is 2. The van der Waals surface area contributed by atoms with E-state index in [4.69, 9.17) is 0 Å². The zero-order chi connectivity index (χ0) is 18.0. The quantitative estimate of drug-likeness (QED) is 0.879. The Morgan fingerprint density at radius 3 is 2.68 bits per heavy atom. The first-order chi connectivity index (χ1) is 12.0. The molecule has 2 fully saturated rings. The second-order valence-corrected chi connectivity index (χ2v) is 7.16. The van der Waals surface area contributed by atoms with Crippen LogP contribution in [-0.2, 0) is 4.79 Å². The predicted molar refractivity (Wildman–Crippen MR) is 93.8 cm³/mol. The molecule has 1 aliphatic heterocycles. The van der Waals surface area contributed by atoms with Crippen LogP contribution in [0, 0.1) is 18.7 Å².